The molecule has 0 aliphatic heterocycles. The molecule has 1 aliphatic rings. The topological polar surface area (TPSA) is 20.2 Å². The van der Waals surface area contributed by atoms with E-state index in [1.54, 1.807) is 0 Å². The quantitative estimate of drug-likeness (QED) is 0.776. The third-order valence-corrected chi connectivity index (χ3v) is 4.35. The maximum absolute atomic E-state index is 10.4. The first kappa shape index (κ1) is 12.7. The van der Waals surface area contributed by atoms with E-state index in [0.29, 0.717) is 0 Å². The van der Waals surface area contributed by atoms with Gasteiger partial charge in [-0.3, -0.25) is 0 Å². The van der Waals surface area contributed by atoms with Gasteiger partial charge in [0.15, 0.2) is 0 Å². The number of benzene rings is 2. The highest BCUT2D eigenvalue weighted by molar-refractivity contribution is 5.93. The average Bonchev–Trinajstić information content (AvgIpc) is 2.85. The molecule has 100 valence electrons. The third kappa shape index (κ3) is 2.28. The van der Waals surface area contributed by atoms with E-state index in [9.17, 15) is 5.11 Å². The Morgan fingerprint density at radius 2 is 1.84 bits per heavy atom. The van der Waals surface area contributed by atoms with Crippen LogP contribution >= 0.6 is 0 Å². The Bertz CT molecular complexity index is 575. The third-order valence-electron chi connectivity index (χ3n) is 4.35. The van der Waals surface area contributed by atoms with Gasteiger partial charge in [0, 0.05) is 0 Å². The molecule has 1 aliphatic carbocycles. The van der Waals surface area contributed by atoms with Crippen LogP contribution in [0.2, 0.25) is 0 Å². The summed E-state index contributed by atoms with van der Waals surface area (Å²) >= 11 is 0. The van der Waals surface area contributed by atoms with E-state index >= 15 is 0 Å². The number of aryl methyl sites for hydroxylation is 2. The first-order valence-electron chi connectivity index (χ1n) is 7.52. The molecule has 2 aromatic rings. The Labute approximate surface area is 115 Å². The van der Waals surface area contributed by atoms with Crippen molar-refractivity contribution in [3.8, 4) is 0 Å². The fourth-order valence-electron chi connectivity index (χ4n) is 3.30. The average molecular weight is 254 g/mol. The van der Waals surface area contributed by atoms with Crippen molar-refractivity contribution < 1.29 is 5.11 Å². The lowest BCUT2D eigenvalue weighted by molar-refractivity contribution is 0.165. The molecule has 0 heterocycles. The fraction of sp³-hybridized carbons (Fsp3) is 0.444. The number of unbranched alkanes of at least 4 members (excludes halogenated alkanes) is 2. The molecule has 0 amide bonds. The molecule has 0 saturated heterocycles. The summed E-state index contributed by atoms with van der Waals surface area (Å²) in [6.45, 7) is 2.20. The van der Waals surface area contributed by atoms with Crippen LogP contribution in [0.15, 0.2) is 30.3 Å². The smallest absolute Gasteiger partial charge is 0.0796 e. The summed E-state index contributed by atoms with van der Waals surface area (Å²) in [7, 11) is 0. The molecule has 0 bridgehead atoms. The summed E-state index contributed by atoms with van der Waals surface area (Å²) in [5.41, 5.74) is 4.03. The van der Waals surface area contributed by atoms with Gasteiger partial charge in [-0.15, -0.1) is 0 Å². The molecule has 2 aromatic carbocycles. The van der Waals surface area contributed by atoms with Crippen LogP contribution in [0.4, 0.5) is 0 Å². The molecule has 1 nitrogen and oxygen atoms in total. The van der Waals surface area contributed by atoms with Gasteiger partial charge in [-0.25, -0.2) is 0 Å². The maximum atomic E-state index is 10.4. The molecule has 0 spiro atoms. The van der Waals surface area contributed by atoms with Gasteiger partial charge >= 0.3 is 0 Å². The van der Waals surface area contributed by atoms with Crippen LogP contribution in [0.5, 0.6) is 0 Å². The van der Waals surface area contributed by atoms with Crippen molar-refractivity contribution in [2.75, 3.05) is 0 Å². The van der Waals surface area contributed by atoms with Crippen molar-refractivity contribution >= 4 is 10.8 Å². The van der Waals surface area contributed by atoms with E-state index in [2.05, 4.69) is 37.3 Å². The molecule has 0 fully saturated rings. The number of rotatable bonds is 5. The summed E-state index contributed by atoms with van der Waals surface area (Å²) in [4.78, 5) is 0. The zero-order valence-electron chi connectivity index (χ0n) is 11.7. The Morgan fingerprint density at radius 1 is 1.05 bits per heavy atom. The number of hydrogen-bond donors (Lipinski definition) is 1. The van der Waals surface area contributed by atoms with Crippen LogP contribution in [0.25, 0.3) is 10.8 Å². The molecule has 1 unspecified atom stereocenters. The van der Waals surface area contributed by atoms with Gasteiger partial charge in [-0.2, -0.15) is 0 Å². The molecule has 1 N–H and O–H groups in total. The molecular weight excluding hydrogens is 232 g/mol. The second-order valence-electron chi connectivity index (χ2n) is 5.67. The van der Waals surface area contributed by atoms with Crippen LogP contribution in [0.3, 0.4) is 0 Å². The predicted molar refractivity (Wildman–Crippen MR) is 80.5 cm³/mol. The molecule has 19 heavy (non-hydrogen) atoms. The minimum atomic E-state index is -0.309. The minimum absolute atomic E-state index is 0.309. The second-order valence-corrected chi connectivity index (χ2v) is 5.67. The Hall–Kier alpha value is -1.34. The van der Waals surface area contributed by atoms with Gasteiger partial charge < -0.3 is 5.11 Å². The number of aliphatic hydroxyl groups is 1. The molecule has 1 heteroatoms. The molecule has 0 aromatic heterocycles. The van der Waals surface area contributed by atoms with Crippen molar-refractivity contribution in [2.24, 2.45) is 0 Å². The predicted octanol–water partition coefficient (Wildman–Crippen LogP) is 4.55. The Morgan fingerprint density at radius 3 is 2.63 bits per heavy atom. The van der Waals surface area contributed by atoms with Crippen LogP contribution in [0, 0.1) is 0 Å². The first-order valence-corrected chi connectivity index (χ1v) is 7.52. The number of aliphatic hydroxyl groups excluding tert-OH is 1. The van der Waals surface area contributed by atoms with Gasteiger partial charge in [-0.05, 0) is 46.7 Å². The van der Waals surface area contributed by atoms with E-state index in [1.165, 1.54) is 34.7 Å². The van der Waals surface area contributed by atoms with Gasteiger partial charge in [0.1, 0.15) is 0 Å². The van der Waals surface area contributed by atoms with E-state index in [-0.39, 0.29) is 6.10 Å². The van der Waals surface area contributed by atoms with Crippen molar-refractivity contribution in [3.63, 3.8) is 0 Å². The standard InChI is InChI=1S/C18H22O/c1-2-3-4-8-17(19)15-12-11-14-10-9-13-6-5-7-16(15)18(13)14/h5-7,11-12,17,19H,2-4,8-10H2,1H3. The molecule has 0 radical (unpaired) electrons. The lowest BCUT2D eigenvalue weighted by Crippen LogP contribution is -1.99. The first-order chi connectivity index (χ1) is 9.31. The maximum Gasteiger partial charge on any atom is 0.0796 e. The van der Waals surface area contributed by atoms with Gasteiger partial charge in [-0.1, -0.05) is 56.5 Å². The Balaban J connectivity index is 1.96. The Kier molecular flexibility index (Phi) is 3.56. The van der Waals surface area contributed by atoms with Gasteiger partial charge in [0.05, 0.1) is 6.10 Å². The second kappa shape index (κ2) is 5.34. The lowest BCUT2D eigenvalue weighted by atomic mass is 9.94. The van der Waals surface area contributed by atoms with Crippen LogP contribution < -0.4 is 0 Å². The van der Waals surface area contributed by atoms with Crippen LogP contribution in [-0.2, 0) is 12.8 Å². The van der Waals surface area contributed by atoms with Crippen molar-refractivity contribution in [2.45, 2.75) is 51.6 Å². The zero-order valence-corrected chi connectivity index (χ0v) is 11.7. The van der Waals surface area contributed by atoms with Crippen molar-refractivity contribution in [1.29, 1.82) is 0 Å². The molecule has 1 atom stereocenters. The summed E-state index contributed by atoms with van der Waals surface area (Å²) < 4.78 is 0. The molecule has 0 saturated carbocycles. The minimum Gasteiger partial charge on any atom is -0.388 e. The van der Waals surface area contributed by atoms with E-state index < -0.39 is 0 Å². The zero-order chi connectivity index (χ0) is 13.2. The van der Waals surface area contributed by atoms with E-state index in [4.69, 9.17) is 0 Å². The van der Waals surface area contributed by atoms with E-state index in [0.717, 1.165) is 31.2 Å². The summed E-state index contributed by atoms with van der Waals surface area (Å²) in [5.74, 6) is 0. The van der Waals surface area contributed by atoms with Crippen LogP contribution in [-0.4, -0.2) is 5.11 Å². The normalized spacial score (nSPS) is 15.1. The summed E-state index contributed by atoms with van der Waals surface area (Å²) in [6, 6.07) is 10.9. The molecular formula is C18H22O. The highest BCUT2D eigenvalue weighted by atomic mass is 16.3. The monoisotopic (exact) mass is 254 g/mol. The van der Waals surface area contributed by atoms with E-state index in [1.807, 2.05) is 0 Å². The van der Waals surface area contributed by atoms with Gasteiger partial charge in [0.25, 0.3) is 0 Å². The van der Waals surface area contributed by atoms with Gasteiger partial charge in [0.2, 0.25) is 0 Å². The summed E-state index contributed by atoms with van der Waals surface area (Å²) in [5, 5.41) is 13.1. The molecule has 3 rings (SSSR count). The lowest BCUT2D eigenvalue weighted by Gasteiger charge is -2.15. The number of hydrogen-bond acceptors (Lipinski definition) is 1. The highest BCUT2D eigenvalue weighted by Gasteiger charge is 2.18. The SMILES string of the molecule is CCCCCC(O)c1ccc2c3c(cccc13)CC2. The largest absolute Gasteiger partial charge is 0.388 e. The van der Waals surface area contributed by atoms with Crippen LogP contribution in [0.1, 0.15) is 55.4 Å². The van der Waals surface area contributed by atoms with Crippen molar-refractivity contribution in [3.05, 3.63) is 47.0 Å². The van der Waals surface area contributed by atoms with Crippen molar-refractivity contribution in [1.82, 2.24) is 0 Å². The fourth-order valence-corrected chi connectivity index (χ4v) is 3.30. The highest BCUT2D eigenvalue weighted by Crippen LogP contribution is 2.35. The summed E-state index contributed by atoms with van der Waals surface area (Å²) in [6.07, 6.45) is 6.41.